The van der Waals surface area contributed by atoms with Crippen molar-refractivity contribution in [3.8, 4) is 11.5 Å². The lowest BCUT2D eigenvalue weighted by molar-refractivity contribution is 0.102. The number of hydrogen-bond acceptors (Lipinski definition) is 6. The Hall–Kier alpha value is -2.54. The Kier molecular flexibility index (Phi) is 5.69. The minimum absolute atomic E-state index is 0.170. The summed E-state index contributed by atoms with van der Waals surface area (Å²) in [6.07, 6.45) is 2.91. The second kappa shape index (κ2) is 7.57. The Bertz CT molecular complexity index is 758. The molecule has 0 radical (unpaired) electrons. The summed E-state index contributed by atoms with van der Waals surface area (Å²) < 4.78 is 10.4. The van der Waals surface area contributed by atoms with Crippen LogP contribution >= 0.6 is 11.6 Å². The van der Waals surface area contributed by atoms with E-state index in [0.29, 0.717) is 33.7 Å². The monoisotopic (exact) mass is 364 g/mol. The minimum atomic E-state index is -0.370. The fourth-order valence-corrected chi connectivity index (χ4v) is 2.23. The van der Waals surface area contributed by atoms with Gasteiger partial charge in [0.05, 0.1) is 30.5 Å². The molecule has 0 saturated carbocycles. The van der Waals surface area contributed by atoms with E-state index in [1.165, 1.54) is 26.6 Å². The van der Waals surface area contributed by atoms with Crippen LogP contribution in [0, 0.1) is 0 Å². The maximum atomic E-state index is 12.4. The normalized spacial score (nSPS) is 11.0. The molecule has 1 aromatic heterocycles. The van der Waals surface area contributed by atoms with Crippen LogP contribution in [0.5, 0.6) is 11.5 Å². The fourth-order valence-electron chi connectivity index (χ4n) is 2.00. The number of amides is 1. The summed E-state index contributed by atoms with van der Waals surface area (Å²) in [6.45, 7) is 5.99. The van der Waals surface area contributed by atoms with Gasteiger partial charge in [-0.15, -0.1) is 0 Å². The third-order valence-electron chi connectivity index (χ3n) is 3.12. The highest BCUT2D eigenvalue weighted by Crippen LogP contribution is 2.36. The van der Waals surface area contributed by atoms with E-state index < -0.39 is 0 Å². The van der Waals surface area contributed by atoms with Crippen molar-refractivity contribution < 1.29 is 14.3 Å². The lowest BCUT2D eigenvalue weighted by Gasteiger charge is -2.20. The molecule has 8 heteroatoms. The number of anilines is 2. The van der Waals surface area contributed by atoms with Gasteiger partial charge < -0.3 is 20.1 Å². The summed E-state index contributed by atoms with van der Waals surface area (Å²) in [5.74, 6) is 0.935. The highest BCUT2D eigenvalue weighted by molar-refractivity contribution is 6.32. The first kappa shape index (κ1) is 18.8. The van der Waals surface area contributed by atoms with Crippen molar-refractivity contribution in [2.24, 2.45) is 0 Å². The molecular formula is C17H21ClN4O3. The van der Waals surface area contributed by atoms with E-state index >= 15 is 0 Å². The molecule has 0 bridgehead atoms. The zero-order valence-corrected chi connectivity index (χ0v) is 15.6. The van der Waals surface area contributed by atoms with Crippen LogP contribution in [0.4, 0.5) is 11.6 Å². The molecule has 0 atom stereocenters. The molecule has 0 aliphatic carbocycles. The molecule has 0 unspecified atom stereocenters. The number of rotatable bonds is 5. The van der Waals surface area contributed by atoms with E-state index in [1.54, 1.807) is 12.1 Å². The quantitative estimate of drug-likeness (QED) is 0.843. The highest BCUT2D eigenvalue weighted by atomic mass is 35.5. The second-order valence-corrected chi connectivity index (χ2v) is 6.72. The number of hydrogen-bond donors (Lipinski definition) is 2. The molecule has 1 aromatic carbocycles. The van der Waals surface area contributed by atoms with Gasteiger partial charge in [-0.1, -0.05) is 11.6 Å². The number of nitrogens with zero attached hydrogens (tertiary/aromatic N) is 2. The molecule has 1 heterocycles. The van der Waals surface area contributed by atoms with E-state index in [9.17, 15) is 4.79 Å². The van der Waals surface area contributed by atoms with Crippen LogP contribution in [-0.2, 0) is 0 Å². The van der Waals surface area contributed by atoms with Crippen molar-refractivity contribution in [1.82, 2.24) is 9.97 Å². The van der Waals surface area contributed by atoms with E-state index in [0.717, 1.165) is 0 Å². The van der Waals surface area contributed by atoms with E-state index in [1.807, 2.05) is 20.8 Å². The van der Waals surface area contributed by atoms with Gasteiger partial charge in [0.2, 0.25) is 5.95 Å². The molecule has 0 aliphatic rings. The molecule has 7 nitrogen and oxygen atoms in total. The smallest absolute Gasteiger partial charge is 0.258 e. The maximum Gasteiger partial charge on any atom is 0.258 e. The first-order chi connectivity index (χ1) is 11.7. The van der Waals surface area contributed by atoms with Crippen LogP contribution in [0.2, 0.25) is 5.02 Å². The van der Waals surface area contributed by atoms with Crippen molar-refractivity contribution >= 4 is 29.1 Å². The lowest BCUT2D eigenvalue weighted by Crippen LogP contribution is -2.27. The Morgan fingerprint density at radius 2 is 1.68 bits per heavy atom. The van der Waals surface area contributed by atoms with Crippen LogP contribution in [0.15, 0.2) is 24.5 Å². The second-order valence-electron chi connectivity index (χ2n) is 6.31. The molecule has 0 fully saturated rings. The number of nitrogens with one attached hydrogen (secondary N) is 2. The SMILES string of the molecule is COc1cc(NC(=O)c2cnc(NC(C)(C)C)nc2)c(OC)cc1Cl. The number of carbonyl (C=O) groups is 1. The Morgan fingerprint density at radius 3 is 2.20 bits per heavy atom. The number of aromatic nitrogens is 2. The van der Waals surface area contributed by atoms with Gasteiger partial charge in [0, 0.05) is 30.1 Å². The topological polar surface area (TPSA) is 85.4 Å². The molecule has 1 amide bonds. The van der Waals surface area contributed by atoms with Crippen molar-refractivity contribution in [3.05, 3.63) is 35.1 Å². The molecule has 0 aliphatic heterocycles. The number of methoxy groups -OCH3 is 2. The largest absolute Gasteiger partial charge is 0.495 e. The molecule has 134 valence electrons. The van der Waals surface area contributed by atoms with Gasteiger partial charge in [0.1, 0.15) is 11.5 Å². The first-order valence-electron chi connectivity index (χ1n) is 7.56. The minimum Gasteiger partial charge on any atom is -0.495 e. The predicted molar refractivity (Wildman–Crippen MR) is 97.9 cm³/mol. The summed E-state index contributed by atoms with van der Waals surface area (Å²) in [4.78, 5) is 20.7. The molecule has 2 rings (SSSR count). The molecule has 25 heavy (non-hydrogen) atoms. The third kappa shape index (κ3) is 4.96. The molecule has 0 spiro atoms. The molecule has 2 N–H and O–H groups in total. The molecule has 0 saturated heterocycles. The fraction of sp³-hybridized carbons (Fsp3) is 0.353. The number of carbonyl (C=O) groups excluding carboxylic acids is 1. The van der Waals surface area contributed by atoms with Crippen molar-refractivity contribution in [2.45, 2.75) is 26.3 Å². The van der Waals surface area contributed by atoms with E-state index in [2.05, 4.69) is 20.6 Å². The zero-order valence-electron chi connectivity index (χ0n) is 14.8. The van der Waals surface area contributed by atoms with Crippen LogP contribution in [0.1, 0.15) is 31.1 Å². The summed E-state index contributed by atoms with van der Waals surface area (Å²) in [6, 6.07) is 3.16. The van der Waals surface area contributed by atoms with Gasteiger partial charge in [0.15, 0.2) is 0 Å². The van der Waals surface area contributed by atoms with Crippen molar-refractivity contribution in [2.75, 3.05) is 24.9 Å². The van der Waals surface area contributed by atoms with Gasteiger partial charge in [0.25, 0.3) is 5.91 Å². The first-order valence-corrected chi connectivity index (χ1v) is 7.94. The van der Waals surface area contributed by atoms with Gasteiger partial charge >= 0.3 is 0 Å². The van der Waals surface area contributed by atoms with Crippen molar-refractivity contribution in [1.29, 1.82) is 0 Å². The van der Waals surface area contributed by atoms with Crippen LogP contribution in [0.3, 0.4) is 0 Å². The Labute approximate surface area is 151 Å². The summed E-state index contributed by atoms with van der Waals surface area (Å²) >= 11 is 6.06. The number of halogens is 1. The van der Waals surface area contributed by atoms with Crippen LogP contribution in [0.25, 0.3) is 0 Å². The highest BCUT2D eigenvalue weighted by Gasteiger charge is 2.15. The lowest BCUT2D eigenvalue weighted by atomic mass is 10.1. The van der Waals surface area contributed by atoms with Gasteiger partial charge in [-0.05, 0) is 20.8 Å². The zero-order chi connectivity index (χ0) is 18.6. The number of ether oxygens (including phenoxy) is 2. The van der Waals surface area contributed by atoms with Gasteiger partial charge in [-0.25, -0.2) is 9.97 Å². The Morgan fingerprint density at radius 1 is 1.08 bits per heavy atom. The van der Waals surface area contributed by atoms with Crippen molar-refractivity contribution in [3.63, 3.8) is 0 Å². The van der Waals surface area contributed by atoms with E-state index in [-0.39, 0.29) is 11.4 Å². The third-order valence-corrected chi connectivity index (χ3v) is 3.42. The van der Waals surface area contributed by atoms with Crippen LogP contribution < -0.4 is 20.1 Å². The Balaban J connectivity index is 2.19. The average Bonchev–Trinajstić information content (AvgIpc) is 2.55. The van der Waals surface area contributed by atoms with Crippen LogP contribution in [-0.4, -0.2) is 35.6 Å². The summed E-state index contributed by atoms with van der Waals surface area (Å²) in [5, 5.41) is 6.26. The summed E-state index contributed by atoms with van der Waals surface area (Å²) in [5.41, 5.74) is 0.581. The van der Waals surface area contributed by atoms with E-state index in [4.69, 9.17) is 21.1 Å². The molecular weight excluding hydrogens is 344 g/mol. The molecule has 2 aromatic rings. The maximum absolute atomic E-state index is 12.4. The number of benzene rings is 1. The van der Waals surface area contributed by atoms with Gasteiger partial charge in [-0.2, -0.15) is 0 Å². The predicted octanol–water partition coefficient (Wildman–Crippen LogP) is 3.61. The van der Waals surface area contributed by atoms with Gasteiger partial charge in [-0.3, -0.25) is 4.79 Å². The average molecular weight is 365 g/mol. The standard InChI is InChI=1S/C17H21ClN4O3/c1-17(2,3)22-16-19-8-10(9-20-16)15(23)21-12-7-13(24-4)11(18)6-14(12)25-5/h6-9H,1-5H3,(H,21,23)(H,19,20,22). The summed E-state index contributed by atoms with van der Waals surface area (Å²) in [7, 11) is 2.98.